The molecule has 84 valence electrons. The fraction of sp³-hybridized carbons (Fsp3) is 0. The van der Waals surface area contributed by atoms with Crippen LogP contribution in [0.3, 0.4) is 0 Å². The number of halogens is 1. The Morgan fingerprint density at radius 2 is 2.24 bits per heavy atom. The van der Waals surface area contributed by atoms with Crippen molar-refractivity contribution >= 4 is 21.6 Å². The van der Waals surface area contributed by atoms with E-state index in [0.717, 1.165) is 6.20 Å². The molecule has 1 heterocycles. The van der Waals surface area contributed by atoms with Gasteiger partial charge in [0.1, 0.15) is 12.4 Å². The zero-order valence-corrected chi connectivity index (χ0v) is 9.96. The zero-order chi connectivity index (χ0) is 12.4. The lowest BCUT2D eigenvalue weighted by Crippen LogP contribution is -1.95. The lowest BCUT2D eigenvalue weighted by Gasteiger charge is -2.01. The fourth-order valence-corrected chi connectivity index (χ4v) is 1.80. The molecule has 2 aromatic rings. The minimum absolute atomic E-state index is 0.0940. The first-order valence-electron chi connectivity index (χ1n) is 4.50. The van der Waals surface area contributed by atoms with Crippen molar-refractivity contribution < 1.29 is 4.92 Å². The van der Waals surface area contributed by atoms with Crippen molar-refractivity contribution in [2.45, 2.75) is 0 Å². The molecule has 6 nitrogen and oxygen atoms in total. The van der Waals surface area contributed by atoms with Gasteiger partial charge in [0, 0.05) is 4.47 Å². The van der Waals surface area contributed by atoms with Gasteiger partial charge in [-0.25, -0.2) is 4.68 Å². The maximum Gasteiger partial charge on any atom is 0.307 e. The van der Waals surface area contributed by atoms with E-state index in [4.69, 9.17) is 5.26 Å². The van der Waals surface area contributed by atoms with E-state index < -0.39 is 4.92 Å². The molecule has 1 aromatic carbocycles. The summed E-state index contributed by atoms with van der Waals surface area (Å²) in [5, 5.41) is 23.2. The van der Waals surface area contributed by atoms with Gasteiger partial charge in [-0.15, -0.1) is 0 Å². The first-order chi connectivity index (χ1) is 8.10. The third kappa shape index (κ3) is 2.32. The molecule has 0 radical (unpaired) electrons. The van der Waals surface area contributed by atoms with Gasteiger partial charge < -0.3 is 0 Å². The number of nitriles is 1. The van der Waals surface area contributed by atoms with Crippen LogP contribution in [0.2, 0.25) is 0 Å². The zero-order valence-electron chi connectivity index (χ0n) is 8.37. The molecule has 0 bridgehead atoms. The van der Waals surface area contributed by atoms with Crippen molar-refractivity contribution in [3.63, 3.8) is 0 Å². The van der Waals surface area contributed by atoms with Gasteiger partial charge in [0.15, 0.2) is 0 Å². The molecule has 0 saturated carbocycles. The van der Waals surface area contributed by atoms with Crippen molar-refractivity contribution in [1.29, 1.82) is 5.26 Å². The molecule has 0 amide bonds. The molecule has 1 aromatic heterocycles. The van der Waals surface area contributed by atoms with Crippen LogP contribution in [-0.4, -0.2) is 14.7 Å². The minimum atomic E-state index is -0.521. The number of aromatic nitrogens is 2. The van der Waals surface area contributed by atoms with E-state index in [1.54, 1.807) is 18.2 Å². The first-order valence-corrected chi connectivity index (χ1v) is 5.29. The summed E-state index contributed by atoms with van der Waals surface area (Å²) in [5.41, 5.74) is 0.944. The van der Waals surface area contributed by atoms with Gasteiger partial charge in [-0.3, -0.25) is 10.1 Å². The van der Waals surface area contributed by atoms with E-state index in [2.05, 4.69) is 21.0 Å². The number of hydrogen-bond acceptors (Lipinski definition) is 4. The molecule has 0 N–H and O–H groups in total. The van der Waals surface area contributed by atoms with Gasteiger partial charge in [0.05, 0.1) is 22.2 Å². The van der Waals surface area contributed by atoms with Gasteiger partial charge in [0.2, 0.25) is 0 Å². The van der Waals surface area contributed by atoms with Crippen LogP contribution in [0, 0.1) is 21.4 Å². The summed E-state index contributed by atoms with van der Waals surface area (Å²) < 4.78 is 2.06. The summed E-state index contributed by atoms with van der Waals surface area (Å²) in [6.07, 6.45) is 2.45. The topological polar surface area (TPSA) is 84.8 Å². The molecule has 17 heavy (non-hydrogen) atoms. The molecule has 0 aliphatic heterocycles. The van der Waals surface area contributed by atoms with Crippen LogP contribution >= 0.6 is 15.9 Å². The molecule has 0 aliphatic carbocycles. The molecular weight excluding hydrogens is 288 g/mol. The summed E-state index contributed by atoms with van der Waals surface area (Å²) in [4.78, 5) is 10.0. The summed E-state index contributed by atoms with van der Waals surface area (Å²) in [6, 6.07) is 6.98. The van der Waals surface area contributed by atoms with Crippen LogP contribution in [0.5, 0.6) is 0 Å². The SMILES string of the molecule is N#Cc1cc(Br)cc(-n2cc([N+](=O)[O-])cn2)c1. The number of rotatable bonds is 2. The van der Waals surface area contributed by atoms with Gasteiger partial charge in [-0.2, -0.15) is 10.4 Å². The Morgan fingerprint density at radius 1 is 1.47 bits per heavy atom. The molecule has 0 spiro atoms. The van der Waals surface area contributed by atoms with Crippen molar-refractivity contribution in [2.75, 3.05) is 0 Å². The first kappa shape index (κ1) is 11.3. The largest absolute Gasteiger partial charge is 0.307 e. The number of nitrogens with zero attached hydrogens (tertiary/aromatic N) is 4. The number of hydrogen-bond donors (Lipinski definition) is 0. The highest BCUT2D eigenvalue weighted by molar-refractivity contribution is 9.10. The predicted molar refractivity (Wildman–Crippen MR) is 62.6 cm³/mol. The lowest BCUT2D eigenvalue weighted by atomic mass is 10.2. The van der Waals surface area contributed by atoms with Crippen molar-refractivity contribution in [3.05, 3.63) is 50.7 Å². The molecule has 0 unspecified atom stereocenters. The van der Waals surface area contributed by atoms with E-state index in [1.807, 2.05) is 6.07 Å². The third-order valence-corrected chi connectivity index (χ3v) is 2.51. The van der Waals surface area contributed by atoms with Crippen LogP contribution in [0.25, 0.3) is 5.69 Å². The summed E-state index contributed by atoms with van der Waals surface area (Å²) in [6.45, 7) is 0. The van der Waals surface area contributed by atoms with Gasteiger partial charge in [-0.05, 0) is 18.2 Å². The van der Waals surface area contributed by atoms with Gasteiger partial charge in [0.25, 0.3) is 0 Å². The van der Waals surface area contributed by atoms with E-state index in [0.29, 0.717) is 15.7 Å². The standard InChI is InChI=1S/C10H5BrN4O2/c11-8-1-7(4-12)2-9(3-8)14-6-10(5-13-14)15(16)17/h1-3,5-6H. The molecule has 0 atom stereocenters. The Hall–Kier alpha value is -2.20. The van der Waals surface area contributed by atoms with E-state index in [1.165, 1.54) is 10.9 Å². The predicted octanol–water partition coefficient (Wildman–Crippen LogP) is 2.41. The molecule has 0 aliphatic rings. The molecule has 0 saturated heterocycles. The highest BCUT2D eigenvalue weighted by Crippen LogP contribution is 2.20. The Balaban J connectivity index is 2.49. The number of benzene rings is 1. The quantitative estimate of drug-likeness (QED) is 0.628. The highest BCUT2D eigenvalue weighted by Gasteiger charge is 2.10. The van der Waals surface area contributed by atoms with E-state index >= 15 is 0 Å². The molecular formula is C10H5BrN4O2. The normalized spacial score (nSPS) is 9.88. The Labute approximate surface area is 104 Å². The van der Waals surface area contributed by atoms with E-state index in [9.17, 15) is 10.1 Å². The third-order valence-electron chi connectivity index (χ3n) is 2.06. The molecule has 7 heteroatoms. The van der Waals surface area contributed by atoms with Gasteiger partial charge in [-0.1, -0.05) is 15.9 Å². The smallest absolute Gasteiger partial charge is 0.258 e. The summed E-state index contributed by atoms with van der Waals surface area (Å²) >= 11 is 3.26. The van der Waals surface area contributed by atoms with Crippen molar-refractivity contribution in [2.24, 2.45) is 0 Å². The monoisotopic (exact) mass is 292 g/mol. The van der Waals surface area contributed by atoms with E-state index in [-0.39, 0.29) is 5.69 Å². The molecule has 2 rings (SSSR count). The van der Waals surface area contributed by atoms with Gasteiger partial charge >= 0.3 is 5.69 Å². The Bertz CT molecular complexity index is 629. The second-order valence-electron chi connectivity index (χ2n) is 3.21. The van der Waals surface area contributed by atoms with Crippen LogP contribution in [0.15, 0.2) is 35.1 Å². The maximum atomic E-state index is 10.5. The molecule has 0 fully saturated rings. The average molecular weight is 293 g/mol. The van der Waals surface area contributed by atoms with Crippen LogP contribution in [0.4, 0.5) is 5.69 Å². The van der Waals surface area contributed by atoms with Crippen LogP contribution < -0.4 is 0 Å². The van der Waals surface area contributed by atoms with Crippen LogP contribution in [-0.2, 0) is 0 Å². The Kier molecular flexibility index (Phi) is 2.89. The Morgan fingerprint density at radius 3 is 2.82 bits per heavy atom. The maximum absolute atomic E-state index is 10.5. The van der Waals surface area contributed by atoms with Crippen LogP contribution in [0.1, 0.15) is 5.56 Å². The minimum Gasteiger partial charge on any atom is -0.258 e. The number of nitro groups is 1. The highest BCUT2D eigenvalue weighted by atomic mass is 79.9. The average Bonchev–Trinajstić information content (AvgIpc) is 2.77. The lowest BCUT2D eigenvalue weighted by molar-refractivity contribution is -0.384. The second kappa shape index (κ2) is 4.35. The van der Waals surface area contributed by atoms with Crippen molar-refractivity contribution in [1.82, 2.24) is 9.78 Å². The fourth-order valence-electron chi connectivity index (χ4n) is 1.32. The summed E-state index contributed by atoms with van der Waals surface area (Å²) in [5.74, 6) is 0. The van der Waals surface area contributed by atoms with Crippen molar-refractivity contribution in [3.8, 4) is 11.8 Å². The second-order valence-corrected chi connectivity index (χ2v) is 4.13. The summed E-state index contributed by atoms with van der Waals surface area (Å²) in [7, 11) is 0.